The lowest BCUT2D eigenvalue weighted by Crippen LogP contribution is -2.33. The summed E-state index contributed by atoms with van der Waals surface area (Å²) in [7, 11) is -3.73. The van der Waals surface area contributed by atoms with E-state index in [1.807, 2.05) is 0 Å². The van der Waals surface area contributed by atoms with Crippen LogP contribution in [0.25, 0.3) is 0 Å². The van der Waals surface area contributed by atoms with Crippen LogP contribution in [-0.4, -0.2) is 25.9 Å². The van der Waals surface area contributed by atoms with E-state index < -0.39 is 34.0 Å². The highest BCUT2D eigenvalue weighted by Gasteiger charge is 2.14. The van der Waals surface area contributed by atoms with Crippen LogP contribution >= 0.6 is 0 Å². The molecule has 0 unspecified atom stereocenters. The van der Waals surface area contributed by atoms with Crippen molar-refractivity contribution in [2.45, 2.75) is 5.75 Å². The molecule has 8 heteroatoms. The van der Waals surface area contributed by atoms with Gasteiger partial charge in [-0.1, -0.05) is 12.1 Å². The van der Waals surface area contributed by atoms with Gasteiger partial charge in [-0.05, 0) is 29.8 Å². The number of carbonyl (C=O) groups is 1. The van der Waals surface area contributed by atoms with Crippen molar-refractivity contribution in [3.8, 4) is 0 Å². The molecule has 2 rings (SSSR count). The summed E-state index contributed by atoms with van der Waals surface area (Å²) in [6.45, 7) is -0.410. The third-order valence-electron chi connectivity index (χ3n) is 2.64. The summed E-state index contributed by atoms with van der Waals surface area (Å²) in [5.41, 5.74) is 0.775. The summed E-state index contributed by atoms with van der Waals surface area (Å²) < 4.78 is 38.9. The molecule has 1 heterocycles. The van der Waals surface area contributed by atoms with E-state index in [2.05, 4.69) is 15.0 Å². The minimum absolute atomic E-state index is 0.306. The number of amides is 1. The quantitative estimate of drug-likeness (QED) is 0.838. The normalized spacial score (nSPS) is 11.1. The molecule has 0 atom stereocenters. The first-order valence-electron chi connectivity index (χ1n) is 6.36. The van der Waals surface area contributed by atoms with E-state index in [-0.39, 0.29) is 0 Å². The molecule has 2 N–H and O–H groups in total. The highest BCUT2D eigenvalue weighted by Crippen LogP contribution is 2.07. The molecular weight excluding hydrogens is 309 g/mol. The van der Waals surface area contributed by atoms with Gasteiger partial charge in [0.25, 0.3) is 0 Å². The number of anilines is 1. The summed E-state index contributed by atoms with van der Waals surface area (Å²) >= 11 is 0. The molecule has 0 aliphatic rings. The number of aromatic nitrogens is 1. The molecule has 1 amide bonds. The van der Waals surface area contributed by atoms with Gasteiger partial charge in [0.15, 0.2) is 0 Å². The van der Waals surface area contributed by atoms with Crippen LogP contribution in [0.4, 0.5) is 10.1 Å². The van der Waals surface area contributed by atoms with Crippen LogP contribution in [0, 0.1) is 5.82 Å². The highest BCUT2D eigenvalue weighted by atomic mass is 32.2. The number of halogens is 1. The number of carbonyl (C=O) groups excluding carboxylic acids is 1. The van der Waals surface area contributed by atoms with Gasteiger partial charge >= 0.3 is 0 Å². The van der Waals surface area contributed by atoms with Crippen molar-refractivity contribution in [3.63, 3.8) is 0 Å². The van der Waals surface area contributed by atoms with Crippen LogP contribution < -0.4 is 10.0 Å². The SMILES string of the molecule is O=C(CNS(=O)(=O)Cc1cccc(F)c1)Nc1cccnc1. The monoisotopic (exact) mass is 323 g/mol. The molecule has 0 fully saturated rings. The Balaban J connectivity index is 1.88. The fraction of sp³-hybridized carbons (Fsp3) is 0.143. The van der Waals surface area contributed by atoms with Crippen LogP contribution in [0.3, 0.4) is 0 Å². The molecule has 2 aromatic rings. The molecule has 116 valence electrons. The average Bonchev–Trinajstić information content (AvgIpc) is 2.46. The number of hydrogen-bond acceptors (Lipinski definition) is 4. The van der Waals surface area contributed by atoms with E-state index in [0.717, 1.165) is 6.07 Å². The summed E-state index contributed by atoms with van der Waals surface area (Å²) in [6.07, 6.45) is 3.00. The first-order chi connectivity index (χ1) is 10.4. The molecule has 0 saturated heterocycles. The van der Waals surface area contributed by atoms with Gasteiger partial charge < -0.3 is 5.32 Å². The second kappa shape index (κ2) is 7.10. The van der Waals surface area contributed by atoms with Crippen molar-refractivity contribution >= 4 is 21.6 Å². The molecule has 1 aromatic carbocycles. The Morgan fingerprint density at radius 3 is 2.73 bits per heavy atom. The zero-order valence-corrected chi connectivity index (χ0v) is 12.3. The van der Waals surface area contributed by atoms with Crippen molar-refractivity contribution in [2.75, 3.05) is 11.9 Å². The third-order valence-corrected chi connectivity index (χ3v) is 3.94. The molecule has 0 aliphatic heterocycles. The Hall–Kier alpha value is -2.32. The standard InChI is InChI=1S/C14H14FN3O3S/c15-12-4-1-3-11(7-12)10-22(20,21)17-9-14(19)18-13-5-2-6-16-8-13/h1-8,17H,9-10H2,(H,18,19). The van der Waals surface area contributed by atoms with Crippen LogP contribution in [0.15, 0.2) is 48.8 Å². The van der Waals surface area contributed by atoms with E-state index in [9.17, 15) is 17.6 Å². The van der Waals surface area contributed by atoms with Crippen LogP contribution in [0.5, 0.6) is 0 Å². The van der Waals surface area contributed by atoms with Crippen LogP contribution in [0.2, 0.25) is 0 Å². The van der Waals surface area contributed by atoms with Crippen molar-refractivity contribution in [1.82, 2.24) is 9.71 Å². The molecule has 1 aromatic heterocycles. The summed E-state index contributed by atoms with van der Waals surface area (Å²) in [5, 5.41) is 2.50. The van der Waals surface area contributed by atoms with E-state index in [1.165, 1.54) is 24.4 Å². The van der Waals surface area contributed by atoms with Gasteiger partial charge in [0.1, 0.15) is 5.82 Å². The van der Waals surface area contributed by atoms with Gasteiger partial charge in [-0.15, -0.1) is 0 Å². The van der Waals surface area contributed by atoms with Crippen molar-refractivity contribution in [1.29, 1.82) is 0 Å². The van der Waals surface area contributed by atoms with Crippen molar-refractivity contribution < 1.29 is 17.6 Å². The maximum absolute atomic E-state index is 13.0. The van der Waals surface area contributed by atoms with Crippen LogP contribution in [0.1, 0.15) is 5.56 Å². The summed E-state index contributed by atoms with van der Waals surface area (Å²) in [6, 6.07) is 8.56. The Kier molecular flexibility index (Phi) is 5.18. The lowest BCUT2D eigenvalue weighted by atomic mass is 10.2. The minimum Gasteiger partial charge on any atom is -0.324 e. The summed E-state index contributed by atoms with van der Waals surface area (Å²) in [5.74, 6) is -1.43. The number of rotatable bonds is 6. The molecule has 0 bridgehead atoms. The Morgan fingerprint density at radius 1 is 1.23 bits per heavy atom. The van der Waals surface area contributed by atoms with Gasteiger partial charge in [-0.3, -0.25) is 9.78 Å². The van der Waals surface area contributed by atoms with E-state index >= 15 is 0 Å². The topological polar surface area (TPSA) is 88.2 Å². The molecule has 6 nitrogen and oxygen atoms in total. The Bertz CT molecular complexity index is 751. The lowest BCUT2D eigenvalue weighted by Gasteiger charge is -2.08. The molecule has 0 aliphatic carbocycles. The zero-order chi connectivity index (χ0) is 16.0. The molecule has 0 radical (unpaired) electrons. The number of sulfonamides is 1. The van der Waals surface area contributed by atoms with E-state index in [4.69, 9.17) is 0 Å². The predicted molar refractivity (Wildman–Crippen MR) is 79.9 cm³/mol. The number of nitrogens with zero attached hydrogens (tertiary/aromatic N) is 1. The second-order valence-corrected chi connectivity index (χ2v) is 6.31. The minimum atomic E-state index is -3.73. The fourth-order valence-electron chi connectivity index (χ4n) is 1.71. The number of hydrogen-bond donors (Lipinski definition) is 2. The maximum Gasteiger partial charge on any atom is 0.239 e. The molecule has 0 spiro atoms. The molecule has 22 heavy (non-hydrogen) atoms. The Labute approximate surface area is 127 Å². The highest BCUT2D eigenvalue weighted by molar-refractivity contribution is 7.88. The lowest BCUT2D eigenvalue weighted by molar-refractivity contribution is -0.115. The second-order valence-electron chi connectivity index (χ2n) is 4.50. The van der Waals surface area contributed by atoms with Gasteiger partial charge in [0.2, 0.25) is 15.9 Å². The number of pyridine rings is 1. The first kappa shape index (κ1) is 16.1. The largest absolute Gasteiger partial charge is 0.324 e. The summed E-state index contributed by atoms with van der Waals surface area (Å²) in [4.78, 5) is 15.5. The third kappa shape index (κ3) is 5.23. The number of benzene rings is 1. The predicted octanol–water partition coefficient (Wildman–Crippen LogP) is 1.28. The van der Waals surface area contributed by atoms with Gasteiger partial charge in [-0.2, -0.15) is 0 Å². The average molecular weight is 323 g/mol. The number of nitrogens with one attached hydrogen (secondary N) is 2. The van der Waals surface area contributed by atoms with Crippen molar-refractivity contribution in [2.24, 2.45) is 0 Å². The molecule has 0 saturated carbocycles. The van der Waals surface area contributed by atoms with Gasteiger partial charge in [-0.25, -0.2) is 17.5 Å². The van der Waals surface area contributed by atoms with Gasteiger partial charge in [0.05, 0.1) is 24.2 Å². The van der Waals surface area contributed by atoms with Gasteiger partial charge in [0, 0.05) is 6.20 Å². The maximum atomic E-state index is 13.0. The van der Waals surface area contributed by atoms with Crippen LogP contribution in [-0.2, 0) is 20.6 Å². The fourth-order valence-corrected chi connectivity index (χ4v) is 2.79. The zero-order valence-electron chi connectivity index (χ0n) is 11.5. The Morgan fingerprint density at radius 2 is 2.05 bits per heavy atom. The smallest absolute Gasteiger partial charge is 0.239 e. The van der Waals surface area contributed by atoms with Crippen molar-refractivity contribution in [3.05, 3.63) is 60.2 Å². The first-order valence-corrected chi connectivity index (χ1v) is 8.01. The van der Waals surface area contributed by atoms with E-state index in [0.29, 0.717) is 11.3 Å². The molecular formula is C14H14FN3O3S. The van der Waals surface area contributed by atoms with E-state index in [1.54, 1.807) is 18.3 Å².